The van der Waals surface area contributed by atoms with E-state index in [9.17, 15) is 18.0 Å². The second kappa shape index (κ2) is 10.4. The van der Waals surface area contributed by atoms with Crippen molar-refractivity contribution in [1.82, 2.24) is 9.62 Å². The molecule has 0 unspecified atom stereocenters. The normalized spacial score (nSPS) is 12.4. The minimum Gasteiger partial charge on any atom is -0.454 e. The highest BCUT2D eigenvalue weighted by molar-refractivity contribution is 7.89. The van der Waals surface area contributed by atoms with Crippen LogP contribution in [0.4, 0.5) is 0 Å². The molecule has 1 atom stereocenters. The first-order valence-corrected chi connectivity index (χ1v) is 11.1. The number of aryl methyl sites for hydroxylation is 1. The van der Waals surface area contributed by atoms with Gasteiger partial charge in [0.15, 0.2) is 6.61 Å². The van der Waals surface area contributed by atoms with E-state index in [-0.39, 0.29) is 16.7 Å². The van der Waals surface area contributed by atoms with Gasteiger partial charge in [0.05, 0.1) is 4.90 Å². The molecule has 0 aliphatic carbocycles. The average Bonchev–Trinajstić information content (AvgIpc) is 2.72. The zero-order valence-electron chi connectivity index (χ0n) is 17.7. The first kappa shape index (κ1) is 23.6. The van der Waals surface area contributed by atoms with E-state index in [1.54, 1.807) is 39.1 Å². The van der Waals surface area contributed by atoms with Crippen LogP contribution in [0.25, 0.3) is 0 Å². The zero-order chi connectivity index (χ0) is 22.3. The molecule has 0 radical (unpaired) electrons. The van der Waals surface area contributed by atoms with E-state index >= 15 is 0 Å². The summed E-state index contributed by atoms with van der Waals surface area (Å²) in [5.74, 6) is -1.53. The number of nitrogens with one attached hydrogen (secondary N) is 1. The van der Waals surface area contributed by atoms with Crippen LogP contribution in [0.5, 0.6) is 0 Å². The summed E-state index contributed by atoms with van der Waals surface area (Å²) >= 11 is 0. The van der Waals surface area contributed by atoms with Gasteiger partial charge in [-0.25, -0.2) is 8.42 Å². The van der Waals surface area contributed by atoms with E-state index in [2.05, 4.69) is 4.72 Å². The fourth-order valence-electron chi connectivity index (χ4n) is 2.76. The van der Waals surface area contributed by atoms with Crippen molar-refractivity contribution in [1.29, 1.82) is 0 Å². The highest BCUT2D eigenvalue weighted by atomic mass is 32.2. The molecule has 2 aromatic rings. The predicted molar refractivity (Wildman–Crippen MR) is 114 cm³/mol. The number of likely N-dealkylation sites (N-methyl/N-ethyl adjacent to an activating group) is 1. The molecule has 0 fully saturated rings. The summed E-state index contributed by atoms with van der Waals surface area (Å²) in [4.78, 5) is 26.4. The Bertz CT molecular complexity index is 974. The Morgan fingerprint density at radius 1 is 1.03 bits per heavy atom. The Kier molecular flexibility index (Phi) is 8.14. The highest BCUT2D eigenvalue weighted by Crippen LogP contribution is 2.13. The van der Waals surface area contributed by atoms with Crippen LogP contribution in [-0.4, -0.2) is 44.9 Å². The fraction of sp³-hybridized carbons (Fsp3) is 0.364. The smallest absolute Gasteiger partial charge is 0.324 e. The van der Waals surface area contributed by atoms with Crippen LogP contribution in [0.15, 0.2) is 59.5 Å². The third kappa shape index (κ3) is 6.40. The van der Waals surface area contributed by atoms with E-state index in [4.69, 9.17) is 4.74 Å². The summed E-state index contributed by atoms with van der Waals surface area (Å²) in [6.45, 7) is 5.28. The molecule has 0 saturated heterocycles. The molecule has 0 heterocycles. The number of esters is 1. The number of rotatable bonds is 9. The number of carbonyl (C=O) groups is 2. The predicted octanol–water partition coefficient (Wildman–Crippen LogP) is 2.50. The lowest BCUT2D eigenvalue weighted by Gasteiger charge is -2.22. The minimum atomic E-state index is -3.90. The van der Waals surface area contributed by atoms with Crippen LogP contribution in [0.3, 0.4) is 0 Å². The molecule has 1 amide bonds. The molecule has 162 valence electrons. The van der Waals surface area contributed by atoms with Crippen LogP contribution < -0.4 is 4.72 Å². The fourth-order valence-corrected chi connectivity index (χ4v) is 4.11. The summed E-state index contributed by atoms with van der Waals surface area (Å²) < 4.78 is 32.6. The van der Waals surface area contributed by atoms with E-state index in [0.29, 0.717) is 6.54 Å². The topological polar surface area (TPSA) is 92.8 Å². The van der Waals surface area contributed by atoms with Crippen LogP contribution >= 0.6 is 0 Å². The largest absolute Gasteiger partial charge is 0.454 e. The van der Waals surface area contributed by atoms with Crippen molar-refractivity contribution in [2.75, 3.05) is 13.7 Å². The summed E-state index contributed by atoms with van der Waals surface area (Å²) in [6.07, 6.45) is 0. The molecule has 0 bridgehead atoms. The maximum absolute atomic E-state index is 12.5. The van der Waals surface area contributed by atoms with Gasteiger partial charge in [0.25, 0.3) is 5.91 Å². The van der Waals surface area contributed by atoms with Crippen LogP contribution in [-0.2, 0) is 30.9 Å². The molecule has 8 heteroatoms. The van der Waals surface area contributed by atoms with Crippen LogP contribution in [0.1, 0.15) is 25.0 Å². The number of carbonyl (C=O) groups excluding carboxylic acids is 2. The van der Waals surface area contributed by atoms with Gasteiger partial charge in [-0.3, -0.25) is 9.59 Å². The number of hydrogen-bond acceptors (Lipinski definition) is 5. The maximum Gasteiger partial charge on any atom is 0.324 e. The summed E-state index contributed by atoms with van der Waals surface area (Å²) in [6, 6.07) is 14.4. The number of benzene rings is 2. The number of ether oxygens (including phenoxy) is 1. The second-order valence-corrected chi connectivity index (χ2v) is 9.15. The van der Waals surface area contributed by atoms with E-state index in [1.807, 2.05) is 31.2 Å². The first-order chi connectivity index (χ1) is 14.1. The molecule has 0 aliphatic heterocycles. The van der Waals surface area contributed by atoms with E-state index < -0.39 is 28.6 Å². The number of nitrogens with zero attached hydrogens (tertiary/aromatic N) is 1. The molecular formula is C22H28N2O5S. The van der Waals surface area contributed by atoms with Crippen LogP contribution in [0, 0.1) is 12.8 Å². The first-order valence-electron chi connectivity index (χ1n) is 9.64. The summed E-state index contributed by atoms with van der Waals surface area (Å²) in [5.41, 5.74) is 2.06. The third-order valence-electron chi connectivity index (χ3n) is 4.69. The van der Waals surface area contributed by atoms with Gasteiger partial charge in [0.1, 0.15) is 6.04 Å². The van der Waals surface area contributed by atoms with Crippen molar-refractivity contribution in [2.24, 2.45) is 5.92 Å². The average molecular weight is 433 g/mol. The van der Waals surface area contributed by atoms with Gasteiger partial charge in [-0.1, -0.05) is 56.3 Å². The Morgan fingerprint density at radius 2 is 1.63 bits per heavy atom. The Morgan fingerprint density at radius 3 is 2.23 bits per heavy atom. The summed E-state index contributed by atoms with van der Waals surface area (Å²) in [5, 5.41) is 0. The molecule has 2 aromatic carbocycles. The van der Waals surface area contributed by atoms with Gasteiger partial charge in [-0.05, 0) is 36.1 Å². The van der Waals surface area contributed by atoms with Crippen molar-refractivity contribution >= 4 is 21.9 Å². The van der Waals surface area contributed by atoms with Crippen LogP contribution in [0.2, 0.25) is 0 Å². The lowest BCUT2D eigenvalue weighted by Crippen LogP contribution is -2.46. The number of sulfonamides is 1. The quantitative estimate of drug-likeness (QED) is 0.615. The van der Waals surface area contributed by atoms with Crippen molar-refractivity contribution < 1.29 is 22.7 Å². The maximum atomic E-state index is 12.5. The van der Waals surface area contributed by atoms with Gasteiger partial charge in [-0.15, -0.1) is 0 Å². The van der Waals surface area contributed by atoms with E-state index in [1.165, 1.54) is 17.0 Å². The molecule has 0 saturated carbocycles. The molecular weight excluding hydrogens is 404 g/mol. The standard InChI is InChI=1S/C22H28N2O5S/c1-16(2)21(23-30(27,28)19-12-6-5-7-13-19)22(26)29-15-20(25)24(4)14-18-11-9-8-10-17(18)3/h5-13,16,21,23H,14-15H2,1-4H3/t21-/m0/s1. The third-order valence-corrected chi connectivity index (χ3v) is 6.15. The monoisotopic (exact) mass is 432 g/mol. The van der Waals surface area contributed by atoms with Gasteiger partial charge >= 0.3 is 5.97 Å². The van der Waals surface area contributed by atoms with Gasteiger partial charge in [0.2, 0.25) is 10.0 Å². The Hall–Kier alpha value is -2.71. The lowest BCUT2D eigenvalue weighted by molar-refractivity contribution is -0.154. The molecule has 0 aliphatic rings. The molecule has 0 spiro atoms. The van der Waals surface area contributed by atoms with Gasteiger partial charge in [-0.2, -0.15) is 4.72 Å². The highest BCUT2D eigenvalue weighted by Gasteiger charge is 2.30. The van der Waals surface area contributed by atoms with Gasteiger partial charge < -0.3 is 9.64 Å². The van der Waals surface area contributed by atoms with Crippen molar-refractivity contribution in [3.05, 3.63) is 65.7 Å². The second-order valence-electron chi connectivity index (χ2n) is 7.44. The van der Waals surface area contributed by atoms with Gasteiger partial charge in [0, 0.05) is 13.6 Å². The molecule has 0 aromatic heterocycles. The molecule has 30 heavy (non-hydrogen) atoms. The lowest BCUT2D eigenvalue weighted by atomic mass is 10.1. The number of amides is 1. The summed E-state index contributed by atoms with van der Waals surface area (Å²) in [7, 11) is -2.27. The van der Waals surface area contributed by atoms with Crippen molar-refractivity contribution in [3.8, 4) is 0 Å². The molecule has 1 N–H and O–H groups in total. The molecule has 2 rings (SSSR count). The zero-order valence-corrected chi connectivity index (χ0v) is 18.5. The Balaban J connectivity index is 1.98. The van der Waals surface area contributed by atoms with Crippen molar-refractivity contribution in [2.45, 2.75) is 38.3 Å². The molecule has 7 nitrogen and oxygen atoms in total. The minimum absolute atomic E-state index is 0.0532. The SMILES string of the molecule is Cc1ccccc1CN(C)C(=O)COC(=O)[C@@H](NS(=O)(=O)c1ccccc1)C(C)C. The Labute approximate surface area is 178 Å². The van der Waals surface area contributed by atoms with Crippen molar-refractivity contribution in [3.63, 3.8) is 0 Å². The van der Waals surface area contributed by atoms with E-state index in [0.717, 1.165) is 11.1 Å². The number of hydrogen-bond donors (Lipinski definition) is 1.